The molecule has 0 bridgehead atoms. The number of para-hydroxylation sites is 1. The predicted molar refractivity (Wildman–Crippen MR) is 114 cm³/mol. The number of carbonyl (C=O) groups is 1. The van der Waals surface area contributed by atoms with Crippen molar-refractivity contribution in [3.8, 4) is 0 Å². The number of halogens is 2. The lowest BCUT2D eigenvalue weighted by molar-refractivity contribution is -0.113. The molecule has 1 amide bonds. The molecule has 0 spiro atoms. The summed E-state index contributed by atoms with van der Waals surface area (Å²) in [6.45, 7) is 0. The minimum atomic E-state index is -0.178. The number of nitrogen functional groups attached to an aromatic ring is 1. The third-order valence-electron chi connectivity index (χ3n) is 3.40. The van der Waals surface area contributed by atoms with Crippen LogP contribution in [0, 0.1) is 0 Å². The first-order valence-electron chi connectivity index (χ1n) is 7.96. The lowest BCUT2D eigenvalue weighted by Gasteiger charge is -2.05. The summed E-state index contributed by atoms with van der Waals surface area (Å²) in [6, 6.07) is 14.4. The fourth-order valence-electron chi connectivity index (χ4n) is 2.08. The zero-order valence-corrected chi connectivity index (χ0v) is 16.7. The largest absolute Gasteiger partial charge is 0.334 e. The van der Waals surface area contributed by atoms with Crippen LogP contribution in [0.25, 0.3) is 0 Å². The van der Waals surface area contributed by atoms with Crippen LogP contribution in [0.2, 0.25) is 10.0 Å². The molecule has 144 valence electrons. The monoisotopic (exact) mass is 435 g/mol. The van der Waals surface area contributed by atoms with E-state index in [0.717, 1.165) is 17.4 Å². The molecule has 11 heteroatoms. The minimum absolute atomic E-state index is 0.131. The van der Waals surface area contributed by atoms with Gasteiger partial charge in [-0.3, -0.25) is 4.79 Å². The molecule has 1 aromatic heterocycles. The average molecular weight is 436 g/mol. The van der Waals surface area contributed by atoms with Crippen LogP contribution in [0.3, 0.4) is 0 Å². The van der Waals surface area contributed by atoms with E-state index in [2.05, 4.69) is 26.0 Å². The summed E-state index contributed by atoms with van der Waals surface area (Å²) in [7, 11) is 0. The number of thioether (sulfide) groups is 1. The van der Waals surface area contributed by atoms with Crippen LogP contribution < -0.4 is 16.6 Å². The lowest BCUT2D eigenvalue weighted by Crippen LogP contribution is -2.16. The number of anilines is 2. The molecule has 8 nitrogen and oxygen atoms in total. The third kappa shape index (κ3) is 5.16. The Labute approximate surface area is 175 Å². The molecule has 0 radical (unpaired) electrons. The van der Waals surface area contributed by atoms with E-state index in [4.69, 9.17) is 29.0 Å². The fraction of sp³-hybridized carbons (Fsp3) is 0.0588. The zero-order valence-electron chi connectivity index (χ0n) is 14.3. The summed E-state index contributed by atoms with van der Waals surface area (Å²) in [4.78, 5) is 12.0. The van der Waals surface area contributed by atoms with Gasteiger partial charge in [-0.05, 0) is 18.2 Å². The van der Waals surface area contributed by atoms with Crippen LogP contribution in [-0.2, 0) is 4.79 Å². The molecule has 0 fully saturated rings. The van der Waals surface area contributed by atoms with Gasteiger partial charge in [0.15, 0.2) is 0 Å². The Hall–Kier alpha value is -2.75. The van der Waals surface area contributed by atoms with E-state index < -0.39 is 0 Å². The van der Waals surface area contributed by atoms with E-state index in [1.807, 2.05) is 18.2 Å². The second-order valence-electron chi connectivity index (χ2n) is 5.39. The highest BCUT2D eigenvalue weighted by Gasteiger charge is 2.12. The van der Waals surface area contributed by atoms with Crippen molar-refractivity contribution in [1.82, 2.24) is 14.9 Å². The SMILES string of the molecule is Nn1c(N/N=C/c2cccc(Cl)c2Cl)nnc1SCC(=O)Nc1ccccc1. The molecule has 0 aliphatic rings. The van der Waals surface area contributed by atoms with Crippen molar-refractivity contribution in [3.05, 3.63) is 64.1 Å². The number of nitrogens with two attached hydrogens (primary N) is 1. The maximum atomic E-state index is 12.0. The van der Waals surface area contributed by atoms with E-state index in [0.29, 0.717) is 20.8 Å². The Morgan fingerprint density at radius 1 is 1.18 bits per heavy atom. The summed E-state index contributed by atoms with van der Waals surface area (Å²) in [5.41, 5.74) is 4.03. The van der Waals surface area contributed by atoms with Crippen molar-refractivity contribution >= 4 is 58.7 Å². The Morgan fingerprint density at radius 2 is 1.96 bits per heavy atom. The van der Waals surface area contributed by atoms with Crippen LogP contribution in [0.5, 0.6) is 0 Å². The number of hydrogen-bond donors (Lipinski definition) is 3. The van der Waals surface area contributed by atoms with Gasteiger partial charge in [-0.25, -0.2) is 10.1 Å². The maximum Gasteiger partial charge on any atom is 0.264 e. The van der Waals surface area contributed by atoms with Gasteiger partial charge in [-0.15, -0.1) is 10.2 Å². The van der Waals surface area contributed by atoms with E-state index in [9.17, 15) is 4.79 Å². The van der Waals surface area contributed by atoms with Crippen molar-refractivity contribution in [2.24, 2.45) is 5.10 Å². The van der Waals surface area contributed by atoms with Crippen LogP contribution in [0.4, 0.5) is 11.6 Å². The van der Waals surface area contributed by atoms with Crippen LogP contribution >= 0.6 is 35.0 Å². The fourth-order valence-corrected chi connectivity index (χ4v) is 3.09. The van der Waals surface area contributed by atoms with Crippen LogP contribution in [-0.4, -0.2) is 32.7 Å². The summed E-state index contributed by atoms with van der Waals surface area (Å²) in [5, 5.41) is 15.8. The number of hydrazone groups is 1. The quantitative estimate of drug-likeness (QED) is 0.226. The molecule has 0 aliphatic heterocycles. The van der Waals surface area contributed by atoms with Crippen LogP contribution in [0.15, 0.2) is 58.8 Å². The Bertz CT molecular complexity index is 994. The van der Waals surface area contributed by atoms with Gasteiger partial charge in [-0.2, -0.15) is 5.10 Å². The summed E-state index contributed by atoms with van der Waals surface area (Å²) >= 11 is 13.2. The maximum absolute atomic E-state index is 12.0. The normalized spacial score (nSPS) is 10.9. The van der Waals surface area contributed by atoms with Gasteiger partial charge in [0, 0.05) is 11.3 Å². The van der Waals surface area contributed by atoms with Crippen molar-refractivity contribution < 1.29 is 4.79 Å². The highest BCUT2D eigenvalue weighted by molar-refractivity contribution is 7.99. The second-order valence-corrected chi connectivity index (χ2v) is 7.12. The number of rotatable bonds is 7. The highest BCUT2D eigenvalue weighted by Crippen LogP contribution is 2.24. The molecule has 1 heterocycles. The molecule has 0 atom stereocenters. The minimum Gasteiger partial charge on any atom is -0.334 e. The standard InChI is InChI=1S/C17H15Cl2N7OS/c18-13-8-4-5-11(15(13)19)9-21-23-16-24-25-17(26(16)20)28-10-14(27)22-12-6-2-1-3-7-12/h1-9H,10,20H2,(H,22,27)(H,23,24)/b21-9+. The van der Waals surface area contributed by atoms with Gasteiger partial charge in [0.2, 0.25) is 11.1 Å². The Kier molecular flexibility index (Phi) is 6.75. The third-order valence-corrected chi connectivity index (χ3v) is 5.18. The van der Waals surface area contributed by atoms with Crippen molar-refractivity contribution in [2.75, 3.05) is 22.3 Å². The van der Waals surface area contributed by atoms with E-state index in [-0.39, 0.29) is 17.6 Å². The van der Waals surface area contributed by atoms with Gasteiger partial charge in [0.05, 0.1) is 22.0 Å². The number of carbonyl (C=O) groups excluding carboxylic acids is 1. The van der Waals surface area contributed by atoms with E-state index >= 15 is 0 Å². The van der Waals surface area contributed by atoms with Gasteiger partial charge in [0.25, 0.3) is 5.95 Å². The molecule has 2 aromatic carbocycles. The predicted octanol–water partition coefficient (Wildman–Crippen LogP) is 3.48. The number of nitrogens with one attached hydrogen (secondary N) is 2. The smallest absolute Gasteiger partial charge is 0.264 e. The van der Waals surface area contributed by atoms with Gasteiger partial charge in [-0.1, -0.05) is 65.3 Å². The first-order chi connectivity index (χ1) is 13.5. The molecule has 3 rings (SSSR count). The Balaban J connectivity index is 1.55. The first kappa shape index (κ1) is 20.0. The number of benzene rings is 2. The van der Waals surface area contributed by atoms with Gasteiger partial charge >= 0.3 is 0 Å². The topological polar surface area (TPSA) is 110 Å². The van der Waals surface area contributed by atoms with E-state index in [1.165, 1.54) is 10.9 Å². The molecule has 28 heavy (non-hydrogen) atoms. The number of hydrogen-bond acceptors (Lipinski definition) is 7. The number of nitrogens with zero attached hydrogens (tertiary/aromatic N) is 4. The van der Waals surface area contributed by atoms with Crippen molar-refractivity contribution in [1.29, 1.82) is 0 Å². The van der Waals surface area contributed by atoms with Gasteiger partial charge < -0.3 is 11.2 Å². The van der Waals surface area contributed by atoms with Crippen LogP contribution in [0.1, 0.15) is 5.56 Å². The summed E-state index contributed by atoms with van der Waals surface area (Å²) in [5.74, 6) is 6.09. The highest BCUT2D eigenvalue weighted by atomic mass is 35.5. The molecular weight excluding hydrogens is 421 g/mol. The molecule has 0 saturated heterocycles. The molecule has 4 N–H and O–H groups in total. The van der Waals surface area contributed by atoms with Crippen molar-refractivity contribution in [3.63, 3.8) is 0 Å². The molecule has 0 saturated carbocycles. The second kappa shape index (κ2) is 9.45. The molecule has 0 unspecified atom stereocenters. The molecule has 3 aromatic rings. The average Bonchev–Trinajstić information content (AvgIpc) is 3.04. The van der Waals surface area contributed by atoms with E-state index in [1.54, 1.807) is 30.3 Å². The summed E-state index contributed by atoms with van der Waals surface area (Å²) < 4.78 is 1.21. The Morgan fingerprint density at radius 3 is 2.75 bits per heavy atom. The van der Waals surface area contributed by atoms with Gasteiger partial charge in [0.1, 0.15) is 0 Å². The molecular formula is C17H15Cl2N7OS. The molecule has 0 aliphatic carbocycles. The van der Waals surface area contributed by atoms with Crippen molar-refractivity contribution in [2.45, 2.75) is 5.16 Å². The number of amides is 1. The lowest BCUT2D eigenvalue weighted by atomic mass is 10.2. The zero-order chi connectivity index (χ0) is 19.9. The summed E-state index contributed by atoms with van der Waals surface area (Å²) in [6.07, 6.45) is 1.49. The first-order valence-corrected chi connectivity index (χ1v) is 9.70. The number of aromatic nitrogens is 3.